The Labute approximate surface area is 122 Å². The number of ether oxygens (including phenoxy) is 1. The summed E-state index contributed by atoms with van der Waals surface area (Å²) in [5.74, 6) is 0.535. The molecule has 2 rings (SSSR count). The van der Waals surface area contributed by atoms with Crippen molar-refractivity contribution in [2.75, 3.05) is 20.2 Å². The number of carbonyl (C=O) groups excluding carboxylic acids is 1. The third-order valence-corrected chi connectivity index (χ3v) is 2.79. The summed E-state index contributed by atoms with van der Waals surface area (Å²) < 4.78 is 5.53. The van der Waals surface area contributed by atoms with Crippen molar-refractivity contribution >= 4 is 17.5 Å². The Bertz CT molecular complexity index is 578. The van der Waals surface area contributed by atoms with E-state index in [1.165, 1.54) is 17.3 Å². The molecule has 0 bridgehead atoms. The Morgan fingerprint density at radius 2 is 2.05 bits per heavy atom. The highest BCUT2D eigenvalue weighted by atomic mass is 35.5. The summed E-state index contributed by atoms with van der Waals surface area (Å²) >= 11 is 5.71. The zero-order valence-corrected chi connectivity index (χ0v) is 11.7. The highest BCUT2D eigenvalue weighted by molar-refractivity contribution is 6.29. The van der Waals surface area contributed by atoms with Crippen LogP contribution in [0.5, 0.6) is 5.75 Å². The van der Waals surface area contributed by atoms with Crippen LogP contribution in [0.4, 0.5) is 0 Å². The lowest BCUT2D eigenvalue weighted by atomic mass is 10.3. The average molecular weight is 292 g/mol. The number of hydrogen-bond acceptors (Lipinski definition) is 4. The first-order valence-corrected chi connectivity index (χ1v) is 6.45. The van der Waals surface area contributed by atoms with Gasteiger partial charge in [-0.2, -0.15) is 0 Å². The molecule has 0 aliphatic rings. The minimum absolute atomic E-state index is 0.199. The number of para-hydroxylation sites is 1. The van der Waals surface area contributed by atoms with E-state index in [0.29, 0.717) is 13.2 Å². The highest BCUT2D eigenvalue weighted by Gasteiger charge is 2.13. The van der Waals surface area contributed by atoms with Gasteiger partial charge in [-0.25, -0.2) is 4.98 Å². The average Bonchev–Trinajstić information content (AvgIpc) is 2.47. The molecule has 0 atom stereocenters. The largest absolute Gasteiger partial charge is 0.492 e. The molecule has 0 unspecified atom stereocenters. The molecule has 1 aromatic carbocycles. The maximum Gasteiger partial charge on any atom is 0.273 e. The number of rotatable bonds is 5. The molecule has 1 amide bonds. The molecular weight excluding hydrogens is 278 g/mol. The Morgan fingerprint density at radius 1 is 1.30 bits per heavy atom. The molecule has 0 saturated heterocycles. The lowest BCUT2D eigenvalue weighted by molar-refractivity contribution is 0.0767. The van der Waals surface area contributed by atoms with Crippen molar-refractivity contribution in [3.63, 3.8) is 0 Å². The Balaban J connectivity index is 1.85. The molecule has 20 heavy (non-hydrogen) atoms. The number of likely N-dealkylation sites (N-methyl/N-ethyl adjacent to an activating group) is 1. The molecule has 104 valence electrons. The molecule has 1 heterocycles. The molecule has 0 radical (unpaired) electrons. The van der Waals surface area contributed by atoms with Crippen LogP contribution in [0.1, 0.15) is 10.5 Å². The summed E-state index contributed by atoms with van der Waals surface area (Å²) in [5, 5.41) is 0.199. The Kier molecular flexibility index (Phi) is 4.90. The lowest BCUT2D eigenvalue weighted by Gasteiger charge is -2.16. The Hall–Kier alpha value is -2.14. The van der Waals surface area contributed by atoms with E-state index in [9.17, 15) is 4.79 Å². The number of benzene rings is 1. The molecule has 1 aromatic heterocycles. The van der Waals surface area contributed by atoms with Crippen molar-refractivity contribution in [2.24, 2.45) is 0 Å². The quantitative estimate of drug-likeness (QED) is 0.848. The number of nitrogens with zero attached hydrogens (tertiary/aromatic N) is 3. The summed E-state index contributed by atoms with van der Waals surface area (Å²) in [6, 6.07) is 9.44. The first kappa shape index (κ1) is 14.3. The van der Waals surface area contributed by atoms with E-state index in [1.54, 1.807) is 7.05 Å². The van der Waals surface area contributed by atoms with Gasteiger partial charge in [0.25, 0.3) is 5.91 Å². The number of hydrogen-bond donors (Lipinski definition) is 0. The molecule has 0 aliphatic carbocycles. The second-order valence-electron chi connectivity index (χ2n) is 4.12. The second-order valence-corrected chi connectivity index (χ2v) is 4.50. The standard InChI is InChI=1S/C14H14ClN3O2/c1-18(7-8-20-11-5-3-2-4-6-11)14(19)12-9-16-10-13(15)17-12/h2-6,9-10H,7-8H2,1H3. The number of aromatic nitrogens is 2. The molecule has 0 N–H and O–H groups in total. The minimum atomic E-state index is -0.239. The normalized spacial score (nSPS) is 10.1. The van der Waals surface area contributed by atoms with Crippen LogP contribution in [0.2, 0.25) is 5.15 Å². The van der Waals surface area contributed by atoms with E-state index in [2.05, 4.69) is 9.97 Å². The fraction of sp³-hybridized carbons (Fsp3) is 0.214. The van der Waals surface area contributed by atoms with Crippen molar-refractivity contribution in [3.05, 3.63) is 53.6 Å². The van der Waals surface area contributed by atoms with Crippen LogP contribution in [-0.4, -0.2) is 41.0 Å². The summed E-state index contributed by atoms with van der Waals surface area (Å²) in [4.78, 5) is 21.3. The summed E-state index contributed by atoms with van der Waals surface area (Å²) in [7, 11) is 1.68. The van der Waals surface area contributed by atoms with Crippen molar-refractivity contribution in [2.45, 2.75) is 0 Å². The summed E-state index contributed by atoms with van der Waals surface area (Å²) in [6.45, 7) is 0.849. The monoisotopic (exact) mass is 291 g/mol. The van der Waals surface area contributed by atoms with E-state index in [1.807, 2.05) is 30.3 Å². The zero-order chi connectivity index (χ0) is 14.4. The van der Waals surface area contributed by atoms with Gasteiger partial charge in [0, 0.05) is 7.05 Å². The summed E-state index contributed by atoms with van der Waals surface area (Å²) in [5.41, 5.74) is 0.222. The zero-order valence-electron chi connectivity index (χ0n) is 11.0. The molecule has 6 heteroatoms. The fourth-order valence-corrected chi connectivity index (χ4v) is 1.71. The first-order valence-electron chi connectivity index (χ1n) is 6.07. The molecule has 5 nitrogen and oxygen atoms in total. The van der Waals surface area contributed by atoms with E-state index < -0.39 is 0 Å². The van der Waals surface area contributed by atoms with Crippen LogP contribution < -0.4 is 4.74 Å². The van der Waals surface area contributed by atoms with Gasteiger partial charge in [-0.15, -0.1) is 0 Å². The molecule has 0 spiro atoms. The van der Waals surface area contributed by atoms with Gasteiger partial charge in [0.15, 0.2) is 0 Å². The van der Waals surface area contributed by atoms with Gasteiger partial charge in [0.1, 0.15) is 23.2 Å². The SMILES string of the molecule is CN(CCOc1ccccc1)C(=O)c1cncc(Cl)n1. The van der Waals surface area contributed by atoms with Crippen molar-refractivity contribution < 1.29 is 9.53 Å². The molecule has 0 saturated carbocycles. The van der Waals surface area contributed by atoms with Crippen LogP contribution in [0, 0.1) is 0 Å². The van der Waals surface area contributed by atoms with Gasteiger partial charge in [-0.3, -0.25) is 9.78 Å². The third kappa shape index (κ3) is 3.93. The number of carbonyl (C=O) groups is 1. The summed E-state index contributed by atoms with van der Waals surface area (Å²) in [6.07, 6.45) is 2.78. The Morgan fingerprint density at radius 3 is 2.75 bits per heavy atom. The second kappa shape index (κ2) is 6.86. The van der Waals surface area contributed by atoms with Crippen LogP contribution in [0.25, 0.3) is 0 Å². The maximum absolute atomic E-state index is 12.0. The molecule has 0 aliphatic heterocycles. The molecular formula is C14H14ClN3O2. The maximum atomic E-state index is 12.0. The first-order chi connectivity index (χ1) is 9.66. The number of halogens is 1. The van der Waals surface area contributed by atoms with Crippen LogP contribution in [-0.2, 0) is 0 Å². The third-order valence-electron chi connectivity index (χ3n) is 2.61. The predicted molar refractivity (Wildman–Crippen MR) is 75.9 cm³/mol. The van der Waals surface area contributed by atoms with Crippen molar-refractivity contribution in [1.29, 1.82) is 0 Å². The lowest BCUT2D eigenvalue weighted by Crippen LogP contribution is -2.31. The predicted octanol–water partition coefficient (Wildman–Crippen LogP) is 2.28. The minimum Gasteiger partial charge on any atom is -0.492 e. The number of amides is 1. The van der Waals surface area contributed by atoms with Gasteiger partial charge in [-0.05, 0) is 12.1 Å². The van der Waals surface area contributed by atoms with Gasteiger partial charge in [0.05, 0.1) is 18.9 Å². The van der Waals surface area contributed by atoms with Gasteiger partial charge >= 0.3 is 0 Å². The van der Waals surface area contributed by atoms with Gasteiger partial charge < -0.3 is 9.64 Å². The molecule has 2 aromatic rings. The van der Waals surface area contributed by atoms with Gasteiger partial charge in [0.2, 0.25) is 0 Å². The van der Waals surface area contributed by atoms with Gasteiger partial charge in [-0.1, -0.05) is 29.8 Å². The highest BCUT2D eigenvalue weighted by Crippen LogP contribution is 2.08. The van der Waals surface area contributed by atoms with E-state index in [-0.39, 0.29) is 16.8 Å². The van der Waals surface area contributed by atoms with Crippen LogP contribution in [0.15, 0.2) is 42.7 Å². The smallest absolute Gasteiger partial charge is 0.273 e. The topological polar surface area (TPSA) is 55.3 Å². The van der Waals surface area contributed by atoms with Crippen molar-refractivity contribution in [1.82, 2.24) is 14.9 Å². The fourth-order valence-electron chi connectivity index (χ4n) is 1.56. The van der Waals surface area contributed by atoms with Crippen molar-refractivity contribution in [3.8, 4) is 5.75 Å². The van der Waals surface area contributed by atoms with E-state index in [0.717, 1.165) is 5.75 Å². The molecule has 0 fully saturated rings. The van der Waals surface area contributed by atoms with Crippen LogP contribution in [0.3, 0.4) is 0 Å². The van der Waals surface area contributed by atoms with E-state index >= 15 is 0 Å². The van der Waals surface area contributed by atoms with E-state index in [4.69, 9.17) is 16.3 Å². The van der Waals surface area contributed by atoms with Crippen LogP contribution >= 0.6 is 11.6 Å².